The maximum Gasteiger partial charge on any atom is 0.277 e. The third-order valence-electron chi connectivity index (χ3n) is 6.60. The van der Waals surface area contributed by atoms with Gasteiger partial charge >= 0.3 is 0 Å². The van der Waals surface area contributed by atoms with Crippen LogP contribution in [0.4, 0.5) is 5.69 Å². The van der Waals surface area contributed by atoms with Crippen LogP contribution in [0.15, 0.2) is 47.7 Å². The number of imidazole rings is 1. The predicted molar refractivity (Wildman–Crippen MR) is 128 cm³/mol. The van der Waals surface area contributed by atoms with Crippen molar-refractivity contribution in [2.45, 2.75) is 39.3 Å². The Morgan fingerprint density at radius 2 is 1.84 bits per heavy atom. The molecule has 7 nitrogen and oxygen atoms in total. The van der Waals surface area contributed by atoms with Gasteiger partial charge in [0.15, 0.2) is 11.5 Å². The molecule has 1 aromatic carbocycles. The quantitative estimate of drug-likeness (QED) is 0.458. The summed E-state index contributed by atoms with van der Waals surface area (Å²) in [5.41, 5.74) is 3.49. The normalized spacial score (nSPS) is 19.0. The molecule has 0 aliphatic carbocycles. The van der Waals surface area contributed by atoms with E-state index < -0.39 is 0 Å². The van der Waals surface area contributed by atoms with E-state index in [1.807, 2.05) is 48.8 Å². The fourth-order valence-electron chi connectivity index (χ4n) is 5.01. The topological polar surface area (TPSA) is 79.2 Å². The van der Waals surface area contributed by atoms with Gasteiger partial charge in [0.25, 0.3) is 12.3 Å². The standard InChI is InChI=1S/C24H25BN6O/c1-15-10-29(11-16(2)25(15)14-26)20-5-6-21-19(9-20)7-8-31(24(21)32)22-13-30-12-17(3)27-23(30)18(4)28-22/h5-9,12-13,15-16H,10-11H2,1-4H3. The lowest BCUT2D eigenvalue weighted by Gasteiger charge is -2.38. The summed E-state index contributed by atoms with van der Waals surface area (Å²) in [4.78, 5) is 24.7. The Balaban J connectivity index is 1.53. The number of aryl methyl sites for hydroxylation is 2. The molecule has 0 N–H and O–H groups in total. The molecular formula is C24H25BN6O. The SMILES string of the molecule is Cc1cn2cc(-n3ccc4cc(N5CC(C)B(C#N)C(C)C5)ccc4c3=O)nc(C)c2n1. The number of fused-ring (bicyclic) bond motifs is 2. The monoisotopic (exact) mass is 424 g/mol. The average molecular weight is 424 g/mol. The van der Waals surface area contributed by atoms with Gasteiger partial charge in [0.1, 0.15) is 0 Å². The molecule has 1 aliphatic rings. The van der Waals surface area contributed by atoms with Crippen molar-refractivity contribution in [3.05, 3.63) is 64.6 Å². The summed E-state index contributed by atoms with van der Waals surface area (Å²) in [6.45, 7) is 9.91. The minimum Gasteiger partial charge on any atom is -0.372 e. The fourth-order valence-corrected chi connectivity index (χ4v) is 5.01. The molecule has 32 heavy (non-hydrogen) atoms. The Morgan fingerprint density at radius 1 is 1.09 bits per heavy atom. The minimum absolute atomic E-state index is 0.0893. The zero-order valence-corrected chi connectivity index (χ0v) is 18.8. The number of benzene rings is 1. The highest BCUT2D eigenvalue weighted by Crippen LogP contribution is 2.32. The molecule has 4 heterocycles. The van der Waals surface area contributed by atoms with Gasteiger partial charge in [-0.05, 0) is 55.1 Å². The van der Waals surface area contributed by atoms with Crippen LogP contribution in [0.3, 0.4) is 0 Å². The number of hydrogen-bond donors (Lipinski definition) is 0. The first-order chi connectivity index (χ1) is 15.4. The maximum atomic E-state index is 13.3. The Bertz CT molecular complexity index is 1440. The molecule has 0 radical (unpaired) electrons. The van der Waals surface area contributed by atoms with Crippen LogP contribution in [-0.2, 0) is 0 Å². The summed E-state index contributed by atoms with van der Waals surface area (Å²) in [5.74, 6) is 3.66. The summed E-state index contributed by atoms with van der Waals surface area (Å²) in [6.07, 6.45) is 5.56. The third kappa shape index (κ3) is 3.25. The van der Waals surface area contributed by atoms with E-state index in [1.165, 1.54) is 0 Å². The van der Waals surface area contributed by atoms with E-state index in [1.54, 1.807) is 10.8 Å². The highest BCUT2D eigenvalue weighted by Gasteiger charge is 2.35. The molecule has 0 bridgehead atoms. The molecule has 1 fully saturated rings. The number of rotatable bonds is 2. The van der Waals surface area contributed by atoms with Gasteiger partial charge in [-0.3, -0.25) is 9.36 Å². The van der Waals surface area contributed by atoms with E-state index in [2.05, 4.69) is 40.8 Å². The molecule has 2 atom stereocenters. The first kappa shape index (κ1) is 20.3. The molecule has 0 spiro atoms. The van der Waals surface area contributed by atoms with Crippen LogP contribution in [-0.4, -0.2) is 38.7 Å². The summed E-state index contributed by atoms with van der Waals surface area (Å²) in [7, 11) is 0. The molecule has 2 unspecified atom stereocenters. The lowest BCUT2D eigenvalue weighted by molar-refractivity contribution is 0.679. The van der Waals surface area contributed by atoms with Gasteiger partial charge in [0, 0.05) is 42.5 Å². The molecule has 1 aliphatic heterocycles. The molecule has 1 saturated heterocycles. The van der Waals surface area contributed by atoms with E-state index in [9.17, 15) is 10.1 Å². The molecule has 3 aromatic heterocycles. The van der Waals surface area contributed by atoms with Crippen LogP contribution in [0.25, 0.3) is 22.2 Å². The smallest absolute Gasteiger partial charge is 0.277 e. The molecule has 0 saturated carbocycles. The molecule has 4 aromatic rings. The lowest BCUT2D eigenvalue weighted by Crippen LogP contribution is -2.44. The Kier molecular flexibility index (Phi) is 4.77. The summed E-state index contributed by atoms with van der Waals surface area (Å²) in [6, 6.07) is 7.97. The first-order valence-electron chi connectivity index (χ1n) is 11.0. The van der Waals surface area contributed by atoms with E-state index in [0.29, 0.717) is 22.8 Å². The van der Waals surface area contributed by atoms with Crippen molar-refractivity contribution in [3.8, 4) is 11.8 Å². The van der Waals surface area contributed by atoms with Crippen LogP contribution >= 0.6 is 0 Å². The number of nitrogens with zero attached hydrogens (tertiary/aromatic N) is 6. The van der Waals surface area contributed by atoms with Crippen molar-refractivity contribution in [2.24, 2.45) is 0 Å². The highest BCUT2D eigenvalue weighted by atomic mass is 16.1. The number of nitriles is 1. The molecule has 160 valence electrons. The Morgan fingerprint density at radius 3 is 2.56 bits per heavy atom. The fraction of sp³-hybridized carbons (Fsp3) is 0.333. The second-order valence-electron chi connectivity index (χ2n) is 9.07. The molecular weight excluding hydrogens is 399 g/mol. The van der Waals surface area contributed by atoms with Crippen LogP contribution in [0.2, 0.25) is 11.6 Å². The second kappa shape index (κ2) is 7.52. The first-order valence-corrected chi connectivity index (χ1v) is 11.0. The van der Waals surface area contributed by atoms with E-state index in [4.69, 9.17) is 0 Å². The number of hydrogen-bond acceptors (Lipinski definition) is 5. The molecule has 0 amide bonds. The van der Waals surface area contributed by atoms with Crippen molar-refractivity contribution < 1.29 is 0 Å². The van der Waals surface area contributed by atoms with Crippen LogP contribution < -0.4 is 10.5 Å². The van der Waals surface area contributed by atoms with Gasteiger partial charge in [-0.1, -0.05) is 13.8 Å². The van der Waals surface area contributed by atoms with E-state index in [0.717, 1.165) is 41.2 Å². The number of anilines is 1. The van der Waals surface area contributed by atoms with E-state index >= 15 is 0 Å². The van der Waals surface area contributed by atoms with Crippen molar-refractivity contribution in [1.82, 2.24) is 18.9 Å². The van der Waals surface area contributed by atoms with Crippen LogP contribution in [0, 0.1) is 25.1 Å². The van der Waals surface area contributed by atoms with Crippen LogP contribution in [0.1, 0.15) is 25.2 Å². The zero-order valence-electron chi connectivity index (χ0n) is 18.8. The van der Waals surface area contributed by atoms with Crippen molar-refractivity contribution in [2.75, 3.05) is 18.0 Å². The lowest BCUT2D eigenvalue weighted by atomic mass is 9.34. The van der Waals surface area contributed by atoms with Gasteiger partial charge in [-0.15, -0.1) is 0 Å². The van der Waals surface area contributed by atoms with Crippen molar-refractivity contribution >= 4 is 28.8 Å². The summed E-state index contributed by atoms with van der Waals surface area (Å²) < 4.78 is 3.51. The van der Waals surface area contributed by atoms with Gasteiger partial charge in [0.05, 0.1) is 17.6 Å². The number of pyridine rings is 1. The Hall–Kier alpha value is -3.60. The molecule has 8 heteroatoms. The molecule has 5 rings (SSSR count). The van der Waals surface area contributed by atoms with Crippen molar-refractivity contribution in [1.29, 1.82) is 5.26 Å². The summed E-state index contributed by atoms with van der Waals surface area (Å²) >= 11 is 0. The predicted octanol–water partition coefficient (Wildman–Crippen LogP) is 3.81. The second-order valence-corrected chi connectivity index (χ2v) is 9.07. The van der Waals surface area contributed by atoms with Crippen LogP contribution in [0.5, 0.6) is 0 Å². The third-order valence-corrected chi connectivity index (χ3v) is 6.60. The number of aromatic nitrogens is 4. The van der Waals surface area contributed by atoms with Gasteiger partial charge in [0.2, 0.25) is 0 Å². The highest BCUT2D eigenvalue weighted by molar-refractivity contribution is 6.70. The Labute approximate surface area is 187 Å². The van der Waals surface area contributed by atoms with E-state index in [-0.39, 0.29) is 12.3 Å². The van der Waals surface area contributed by atoms with Crippen molar-refractivity contribution in [3.63, 3.8) is 0 Å². The zero-order chi connectivity index (χ0) is 22.6. The minimum atomic E-state index is -0.0953. The van der Waals surface area contributed by atoms with Gasteiger partial charge < -0.3 is 9.30 Å². The average Bonchev–Trinajstić information content (AvgIpc) is 3.14. The maximum absolute atomic E-state index is 13.3. The summed E-state index contributed by atoms with van der Waals surface area (Å²) in [5, 5.41) is 11.0. The van der Waals surface area contributed by atoms with Gasteiger partial charge in [-0.25, -0.2) is 15.2 Å². The largest absolute Gasteiger partial charge is 0.372 e. The van der Waals surface area contributed by atoms with Gasteiger partial charge in [-0.2, -0.15) is 0 Å².